The molecule has 2 aromatic heterocycles. The van der Waals surface area contributed by atoms with E-state index >= 15 is 0 Å². The van der Waals surface area contributed by atoms with Crippen molar-refractivity contribution in [1.82, 2.24) is 19.5 Å². The summed E-state index contributed by atoms with van der Waals surface area (Å²) < 4.78 is 7.55. The fourth-order valence-corrected chi connectivity index (χ4v) is 2.98. The second-order valence-electron chi connectivity index (χ2n) is 3.88. The third kappa shape index (κ3) is 1.82. The lowest BCUT2D eigenvalue weighted by atomic mass is 10.4. The lowest BCUT2D eigenvalue weighted by molar-refractivity contribution is 0.000137. The first-order valence-electron chi connectivity index (χ1n) is 5.56. The molecule has 2 aromatic rings. The predicted molar refractivity (Wildman–Crippen MR) is 68.3 cm³/mol. The fourth-order valence-electron chi connectivity index (χ4n) is 1.86. The topological polar surface area (TPSA) is 85.1 Å². The van der Waals surface area contributed by atoms with E-state index in [1.165, 1.54) is 6.33 Å². The van der Waals surface area contributed by atoms with Gasteiger partial charge in [-0.15, -0.1) is 11.8 Å². The minimum absolute atomic E-state index is 0.0346. The van der Waals surface area contributed by atoms with Gasteiger partial charge in [0.2, 0.25) is 0 Å². The number of hydrogen-bond acceptors (Lipinski definition) is 7. The zero-order valence-corrected chi connectivity index (χ0v) is 10.6. The Bertz CT molecular complexity index is 560. The summed E-state index contributed by atoms with van der Waals surface area (Å²) in [6.07, 6.45) is 3.07. The number of aromatic nitrogens is 4. The van der Waals surface area contributed by atoms with Gasteiger partial charge in [0.05, 0.1) is 12.7 Å². The first-order valence-corrected chi connectivity index (χ1v) is 6.61. The van der Waals surface area contributed by atoms with Crippen LogP contribution in [0.15, 0.2) is 12.7 Å². The Morgan fingerprint density at radius 1 is 1.56 bits per heavy atom. The summed E-state index contributed by atoms with van der Waals surface area (Å²) in [7, 11) is 1.80. The van der Waals surface area contributed by atoms with Crippen LogP contribution in [-0.4, -0.2) is 50.1 Å². The molecule has 0 aromatic carbocycles. The number of ether oxygens (including phenoxy) is 1. The van der Waals surface area contributed by atoms with E-state index in [4.69, 9.17) is 9.84 Å². The predicted octanol–water partition coefficient (Wildman–Crippen LogP) is 0.448. The number of thioether (sulfide) groups is 1. The molecule has 0 aliphatic carbocycles. The van der Waals surface area contributed by atoms with E-state index in [9.17, 15) is 0 Å². The normalized spacial score (nSPS) is 23.7. The van der Waals surface area contributed by atoms with Crippen LogP contribution in [0.5, 0.6) is 0 Å². The minimum Gasteiger partial charge on any atom is -0.394 e. The molecule has 2 N–H and O–H groups in total. The number of aliphatic hydroxyl groups is 1. The van der Waals surface area contributed by atoms with Crippen LogP contribution in [0.1, 0.15) is 5.56 Å². The van der Waals surface area contributed by atoms with Gasteiger partial charge in [-0.3, -0.25) is 4.57 Å². The summed E-state index contributed by atoms with van der Waals surface area (Å²) in [4.78, 5) is 12.7. The van der Waals surface area contributed by atoms with Crippen LogP contribution in [0.4, 0.5) is 5.82 Å². The SMILES string of the molecule is CNc1ncnc2c1ncn2[C@@H]1O[C@@H](CO)CS1. The number of rotatable bonds is 3. The number of anilines is 1. The van der Waals surface area contributed by atoms with Gasteiger partial charge in [-0.2, -0.15) is 0 Å². The number of aliphatic hydroxyl groups excluding tert-OH is 1. The molecule has 96 valence electrons. The van der Waals surface area contributed by atoms with Crippen LogP contribution in [0.3, 0.4) is 0 Å². The second-order valence-corrected chi connectivity index (χ2v) is 4.95. The molecule has 0 unspecified atom stereocenters. The molecule has 1 fully saturated rings. The molecule has 0 bridgehead atoms. The van der Waals surface area contributed by atoms with Crippen molar-refractivity contribution in [2.24, 2.45) is 0 Å². The molecule has 0 saturated carbocycles. The highest BCUT2D eigenvalue weighted by molar-refractivity contribution is 7.99. The average Bonchev–Trinajstić information content (AvgIpc) is 3.03. The molecule has 0 radical (unpaired) electrons. The Labute approximate surface area is 108 Å². The van der Waals surface area contributed by atoms with Gasteiger partial charge in [0, 0.05) is 12.8 Å². The standard InChI is InChI=1S/C10H13N5O2S/c1-11-8-7-9(13-4-12-8)15(5-14-7)10-17-6(2-16)3-18-10/h4-6,10,16H,2-3H2,1H3,(H,11,12,13)/t6-,10+/m0/s1. The molecule has 18 heavy (non-hydrogen) atoms. The van der Waals surface area contributed by atoms with Crippen LogP contribution in [-0.2, 0) is 4.74 Å². The van der Waals surface area contributed by atoms with Gasteiger partial charge in [-0.1, -0.05) is 0 Å². The van der Waals surface area contributed by atoms with Gasteiger partial charge in [0.15, 0.2) is 22.5 Å². The Kier molecular flexibility index (Phi) is 3.06. The summed E-state index contributed by atoms with van der Waals surface area (Å²) in [5, 5.41) is 12.1. The van der Waals surface area contributed by atoms with E-state index in [1.54, 1.807) is 25.1 Å². The van der Waals surface area contributed by atoms with Crippen LogP contribution in [0.2, 0.25) is 0 Å². The van der Waals surface area contributed by atoms with Gasteiger partial charge in [-0.05, 0) is 0 Å². The largest absolute Gasteiger partial charge is 0.394 e. The number of imidazole rings is 1. The van der Waals surface area contributed by atoms with E-state index in [0.717, 1.165) is 16.9 Å². The lowest BCUT2D eigenvalue weighted by Crippen LogP contribution is -2.16. The quantitative estimate of drug-likeness (QED) is 0.835. The summed E-state index contributed by atoms with van der Waals surface area (Å²) in [5.41, 5.74) is 1.26. The highest BCUT2D eigenvalue weighted by Crippen LogP contribution is 2.35. The van der Waals surface area contributed by atoms with Crippen LogP contribution in [0.25, 0.3) is 11.2 Å². The Morgan fingerprint density at radius 2 is 2.44 bits per heavy atom. The van der Waals surface area contributed by atoms with Gasteiger partial charge in [0.1, 0.15) is 12.7 Å². The van der Waals surface area contributed by atoms with E-state index in [0.29, 0.717) is 5.82 Å². The molecule has 2 atom stereocenters. The number of nitrogens with one attached hydrogen (secondary N) is 1. The molecular weight excluding hydrogens is 254 g/mol. The van der Waals surface area contributed by atoms with E-state index in [-0.39, 0.29) is 18.3 Å². The first kappa shape index (κ1) is 11.7. The molecule has 0 spiro atoms. The third-order valence-corrected chi connectivity index (χ3v) is 3.95. The molecule has 1 aliphatic heterocycles. The van der Waals surface area contributed by atoms with Crippen LogP contribution < -0.4 is 5.32 Å². The van der Waals surface area contributed by atoms with Crippen molar-refractivity contribution in [3.05, 3.63) is 12.7 Å². The van der Waals surface area contributed by atoms with Crippen molar-refractivity contribution < 1.29 is 9.84 Å². The summed E-state index contributed by atoms with van der Waals surface area (Å²) in [6.45, 7) is 0.0346. The molecule has 7 nitrogen and oxygen atoms in total. The maximum atomic E-state index is 9.08. The van der Waals surface area contributed by atoms with Crippen molar-refractivity contribution in [3.8, 4) is 0 Å². The molecule has 1 saturated heterocycles. The minimum atomic E-state index is -0.188. The maximum Gasteiger partial charge on any atom is 0.185 e. The highest BCUT2D eigenvalue weighted by Gasteiger charge is 2.28. The monoisotopic (exact) mass is 267 g/mol. The Balaban J connectivity index is 1.98. The zero-order chi connectivity index (χ0) is 12.5. The van der Waals surface area contributed by atoms with E-state index < -0.39 is 0 Å². The van der Waals surface area contributed by atoms with E-state index in [1.807, 2.05) is 4.57 Å². The average molecular weight is 267 g/mol. The van der Waals surface area contributed by atoms with Crippen molar-refractivity contribution in [1.29, 1.82) is 0 Å². The van der Waals surface area contributed by atoms with Crippen molar-refractivity contribution in [2.45, 2.75) is 11.7 Å². The summed E-state index contributed by atoms with van der Waals surface area (Å²) >= 11 is 1.62. The van der Waals surface area contributed by atoms with Crippen molar-refractivity contribution in [3.63, 3.8) is 0 Å². The Morgan fingerprint density at radius 3 is 3.17 bits per heavy atom. The molecular formula is C10H13N5O2S. The smallest absolute Gasteiger partial charge is 0.185 e. The summed E-state index contributed by atoms with van der Waals surface area (Å²) in [6, 6.07) is 0. The van der Waals surface area contributed by atoms with Gasteiger partial charge in [0.25, 0.3) is 0 Å². The number of fused-ring (bicyclic) bond motifs is 1. The molecule has 8 heteroatoms. The third-order valence-electron chi connectivity index (χ3n) is 2.76. The zero-order valence-electron chi connectivity index (χ0n) is 9.78. The lowest BCUT2D eigenvalue weighted by Gasteiger charge is -2.12. The number of hydrogen-bond donors (Lipinski definition) is 2. The van der Waals surface area contributed by atoms with Crippen LogP contribution in [0, 0.1) is 0 Å². The van der Waals surface area contributed by atoms with Gasteiger partial charge in [-0.25, -0.2) is 15.0 Å². The Hall–Kier alpha value is -1.38. The fraction of sp³-hybridized carbons (Fsp3) is 0.500. The molecule has 1 aliphatic rings. The highest BCUT2D eigenvalue weighted by atomic mass is 32.2. The molecule has 3 rings (SSSR count). The van der Waals surface area contributed by atoms with Crippen LogP contribution >= 0.6 is 11.8 Å². The molecule has 3 heterocycles. The van der Waals surface area contributed by atoms with Gasteiger partial charge < -0.3 is 15.2 Å². The van der Waals surface area contributed by atoms with Crippen molar-refractivity contribution >= 4 is 28.7 Å². The first-order chi connectivity index (χ1) is 8.83. The van der Waals surface area contributed by atoms with Gasteiger partial charge >= 0.3 is 0 Å². The number of nitrogens with zero attached hydrogens (tertiary/aromatic N) is 4. The maximum absolute atomic E-state index is 9.08. The second kappa shape index (κ2) is 4.71. The summed E-state index contributed by atoms with van der Waals surface area (Å²) in [5.74, 6) is 1.46. The van der Waals surface area contributed by atoms with E-state index in [2.05, 4.69) is 20.3 Å². The molecule has 0 amide bonds. The van der Waals surface area contributed by atoms with Crippen molar-refractivity contribution in [2.75, 3.05) is 24.7 Å².